The molecule has 1 aliphatic carbocycles. The molecule has 0 bridgehead atoms. The van der Waals surface area contributed by atoms with E-state index in [1.807, 2.05) is 14.0 Å². The largest absolute Gasteiger partial charge is 0.342 e. The van der Waals surface area contributed by atoms with Crippen LogP contribution in [0, 0.1) is 5.92 Å². The standard InChI is InChI=1S/C18H22N2O/c1-12(11-19)20(2)18(21)17-10-16(17)15-9-5-7-13-6-3-4-8-14(13)15/h3-9,12,16-17H,10-11,19H2,1-2H3/t12-,16+,17-/m1/s1. The van der Waals surface area contributed by atoms with E-state index in [9.17, 15) is 4.79 Å². The molecular formula is C18H22N2O. The van der Waals surface area contributed by atoms with E-state index in [1.54, 1.807) is 4.90 Å². The lowest BCUT2D eigenvalue weighted by Crippen LogP contribution is -2.40. The number of nitrogens with zero attached hydrogens (tertiary/aromatic N) is 1. The maximum Gasteiger partial charge on any atom is 0.226 e. The number of hydrogen-bond donors (Lipinski definition) is 1. The van der Waals surface area contributed by atoms with Crippen molar-refractivity contribution < 1.29 is 4.79 Å². The molecule has 110 valence electrons. The van der Waals surface area contributed by atoms with Gasteiger partial charge in [-0.3, -0.25) is 4.79 Å². The maximum absolute atomic E-state index is 12.5. The van der Waals surface area contributed by atoms with Crippen LogP contribution in [0.15, 0.2) is 42.5 Å². The van der Waals surface area contributed by atoms with Crippen molar-refractivity contribution in [3.63, 3.8) is 0 Å². The summed E-state index contributed by atoms with van der Waals surface area (Å²) in [5.74, 6) is 0.705. The van der Waals surface area contributed by atoms with E-state index in [0.29, 0.717) is 12.5 Å². The van der Waals surface area contributed by atoms with Crippen LogP contribution < -0.4 is 5.73 Å². The van der Waals surface area contributed by atoms with Crippen molar-refractivity contribution in [2.24, 2.45) is 11.7 Å². The molecule has 2 aromatic rings. The predicted octanol–water partition coefficient (Wildman–Crippen LogP) is 2.75. The monoisotopic (exact) mass is 282 g/mol. The summed E-state index contributed by atoms with van der Waals surface area (Å²) < 4.78 is 0. The minimum atomic E-state index is 0.103. The Hall–Kier alpha value is -1.87. The molecule has 1 saturated carbocycles. The van der Waals surface area contributed by atoms with Crippen LogP contribution >= 0.6 is 0 Å². The number of amides is 1. The second-order valence-corrected chi connectivity index (χ2v) is 6.05. The Kier molecular flexibility index (Phi) is 3.68. The number of carbonyl (C=O) groups excluding carboxylic acids is 1. The van der Waals surface area contributed by atoms with E-state index < -0.39 is 0 Å². The van der Waals surface area contributed by atoms with Crippen LogP contribution in [0.25, 0.3) is 10.8 Å². The second kappa shape index (κ2) is 5.49. The topological polar surface area (TPSA) is 46.3 Å². The highest BCUT2D eigenvalue weighted by Gasteiger charge is 2.46. The van der Waals surface area contributed by atoms with E-state index in [2.05, 4.69) is 42.5 Å². The minimum absolute atomic E-state index is 0.103. The van der Waals surface area contributed by atoms with Gasteiger partial charge in [-0.1, -0.05) is 42.5 Å². The lowest BCUT2D eigenvalue weighted by molar-refractivity contribution is -0.132. The van der Waals surface area contributed by atoms with Crippen molar-refractivity contribution in [1.29, 1.82) is 0 Å². The number of benzene rings is 2. The summed E-state index contributed by atoms with van der Waals surface area (Å²) in [5, 5.41) is 2.52. The van der Waals surface area contributed by atoms with Crippen molar-refractivity contribution in [2.45, 2.75) is 25.3 Å². The Morgan fingerprint density at radius 3 is 2.76 bits per heavy atom. The third kappa shape index (κ3) is 2.54. The fourth-order valence-corrected chi connectivity index (χ4v) is 3.02. The number of nitrogens with two attached hydrogens (primary N) is 1. The zero-order valence-electron chi connectivity index (χ0n) is 12.6. The van der Waals surface area contributed by atoms with E-state index in [0.717, 1.165) is 6.42 Å². The summed E-state index contributed by atoms with van der Waals surface area (Å²) in [6, 6.07) is 14.9. The molecule has 0 radical (unpaired) electrons. The highest BCUT2D eigenvalue weighted by molar-refractivity contribution is 5.89. The molecule has 3 heteroatoms. The Morgan fingerprint density at radius 1 is 1.29 bits per heavy atom. The zero-order valence-corrected chi connectivity index (χ0v) is 12.6. The third-order valence-corrected chi connectivity index (χ3v) is 4.68. The smallest absolute Gasteiger partial charge is 0.226 e. The van der Waals surface area contributed by atoms with Crippen LogP contribution in [0.3, 0.4) is 0 Å². The number of fused-ring (bicyclic) bond motifs is 1. The highest BCUT2D eigenvalue weighted by Crippen LogP contribution is 2.50. The van der Waals surface area contributed by atoms with Gasteiger partial charge in [0.15, 0.2) is 0 Å². The molecule has 0 saturated heterocycles. The summed E-state index contributed by atoms with van der Waals surface area (Å²) >= 11 is 0. The molecule has 3 rings (SSSR count). The fourth-order valence-electron chi connectivity index (χ4n) is 3.02. The molecule has 0 heterocycles. The molecule has 2 N–H and O–H groups in total. The van der Waals surface area contributed by atoms with Gasteiger partial charge in [0, 0.05) is 25.6 Å². The molecular weight excluding hydrogens is 260 g/mol. The summed E-state index contributed by atoms with van der Waals surface area (Å²) in [7, 11) is 1.86. The molecule has 0 spiro atoms. The van der Waals surface area contributed by atoms with Gasteiger partial charge in [-0.2, -0.15) is 0 Å². The normalized spacial score (nSPS) is 22.0. The number of carbonyl (C=O) groups is 1. The van der Waals surface area contributed by atoms with Crippen molar-refractivity contribution in [2.75, 3.05) is 13.6 Å². The van der Waals surface area contributed by atoms with Crippen LogP contribution in [0.1, 0.15) is 24.8 Å². The molecule has 1 aliphatic rings. The Labute approximate surface area is 125 Å². The van der Waals surface area contributed by atoms with Gasteiger partial charge in [-0.05, 0) is 35.6 Å². The quantitative estimate of drug-likeness (QED) is 0.937. The van der Waals surface area contributed by atoms with Gasteiger partial charge >= 0.3 is 0 Å². The Morgan fingerprint density at radius 2 is 2.00 bits per heavy atom. The minimum Gasteiger partial charge on any atom is -0.342 e. The first kappa shape index (κ1) is 14.1. The average Bonchev–Trinajstić information content (AvgIpc) is 3.32. The van der Waals surface area contributed by atoms with Crippen molar-refractivity contribution in [3.05, 3.63) is 48.0 Å². The molecule has 0 aromatic heterocycles. The SMILES string of the molecule is C[C@H](CN)N(C)C(=O)[C@@H]1C[C@H]1c1cccc2ccccc12. The molecule has 1 amide bonds. The first-order valence-corrected chi connectivity index (χ1v) is 7.58. The van der Waals surface area contributed by atoms with Gasteiger partial charge in [0.25, 0.3) is 0 Å². The molecule has 3 nitrogen and oxygen atoms in total. The predicted molar refractivity (Wildman–Crippen MR) is 86.1 cm³/mol. The third-order valence-electron chi connectivity index (χ3n) is 4.68. The number of hydrogen-bond acceptors (Lipinski definition) is 2. The van der Waals surface area contributed by atoms with Crippen LogP contribution in [0.4, 0.5) is 0 Å². The molecule has 1 fully saturated rings. The van der Waals surface area contributed by atoms with Gasteiger partial charge < -0.3 is 10.6 Å². The molecule has 0 aliphatic heterocycles. The van der Waals surface area contributed by atoms with Gasteiger partial charge in [-0.15, -0.1) is 0 Å². The van der Waals surface area contributed by atoms with Gasteiger partial charge in [0.05, 0.1) is 0 Å². The Bertz CT molecular complexity index is 662. The van der Waals surface area contributed by atoms with Crippen molar-refractivity contribution in [3.8, 4) is 0 Å². The summed E-state index contributed by atoms with van der Waals surface area (Å²) in [6.45, 7) is 2.50. The molecule has 3 atom stereocenters. The van der Waals surface area contributed by atoms with Gasteiger partial charge in [0.2, 0.25) is 5.91 Å². The Balaban J connectivity index is 1.82. The van der Waals surface area contributed by atoms with Crippen LogP contribution in [-0.4, -0.2) is 30.4 Å². The van der Waals surface area contributed by atoms with Gasteiger partial charge in [0.1, 0.15) is 0 Å². The lowest BCUT2D eigenvalue weighted by Gasteiger charge is -2.23. The fraction of sp³-hybridized carbons (Fsp3) is 0.389. The summed E-state index contributed by atoms with van der Waals surface area (Å²) in [6.07, 6.45) is 0.953. The summed E-state index contributed by atoms with van der Waals surface area (Å²) in [5.41, 5.74) is 6.96. The zero-order chi connectivity index (χ0) is 15.0. The van der Waals surface area contributed by atoms with Gasteiger partial charge in [-0.25, -0.2) is 0 Å². The second-order valence-electron chi connectivity index (χ2n) is 6.05. The van der Waals surface area contributed by atoms with E-state index >= 15 is 0 Å². The highest BCUT2D eigenvalue weighted by atomic mass is 16.2. The number of likely N-dealkylation sites (N-methyl/N-ethyl adjacent to an activating group) is 1. The first-order valence-electron chi connectivity index (χ1n) is 7.58. The van der Waals surface area contributed by atoms with Crippen LogP contribution in [0.2, 0.25) is 0 Å². The average molecular weight is 282 g/mol. The summed E-state index contributed by atoms with van der Waals surface area (Å²) in [4.78, 5) is 14.3. The van der Waals surface area contributed by atoms with Crippen LogP contribution in [0.5, 0.6) is 0 Å². The maximum atomic E-state index is 12.5. The van der Waals surface area contributed by atoms with Crippen molar-refractivity contribution in [1.82, 2.24) is 4.90 Å². The van der Waals surface area contributed by atoms with Crippen LogP contribution in [-0.2, 0) is 4.79 Å². The first-order chi connectivity index (χ1) is 10.1. The molecule has 21 heavy (non-hydrogen) atoms. The molecule has 2 aromatic carbocycles. The molecule has 0 unspecified atom stereocenters. The van der Waals surface area contributed by atoms with Crippen molar-refractivity contribution >= 4 is 16.7 Å². The van der Waals surface area contributed by atoms with E-state index in [-0.39, 0.29) is 17.9 Å². The van der Waals surface area contributed by atoms with E-state index in [1.165, 1.54) is 16.3 Å². The van der Waals surface area contributed by atoms with E-state index in [4.69, 9.17) is 5.73 Å². The number of rotatable bonds is 4. The lowest BCUT2D eigenvalue weighted by atomic mass is 10.00.